The summed E-state index contributed by atoms with van der Waals surface area (Å²) in [4.78, 5) is 12.6. The Bertz CT molecular complexity index is 486. The van der Waals surface area contributed by atoms with Crippen molar-refractivity contribution in [3.63, 3.8) is 0 Å². The number of amides is 1. The highest BCUT2D eigenvalue weighted by Gasteiger charge is 2.51. The van der Waals surface area contributed by atoms with E-state index in [2.05, 4.69) is 12.2 Å². The highest BCUT2D eigenvalue weighted by molar-refractivity contribution is 5.91. The van der Waals surface area contributed by atoms with Crippen LogP contribution in [0.2, 0.25) is 0 Å². The molecule has 0 bridgehead atoms. The third kappa shape index (κ3) is 2.67. The normalized spacial score (nSPS) is 21.2. The zero-order valence-corrected chi connectivity index (χ0v) is 12.2. The summed E-state index contributed by atoms with van der Waals surface area (Å²) < 4.78 is 0. The summed E-state index contributed by atoms with van der Waals surface area (Å²) in [6.45, 7) is 2.16. The molecule has 1 aromatic rings. The van der Waals surface area contributed by atoms with Gasteiger partial charge in [-0.2, -0.15) is 0 Å². The molecule has 0 spiro atoms. The van der Waals surface area contributed by atoms with Crippen molar-refractivity contribution in [3.8, 4) is 0 Å². The molecule has 1 amide bonds. The maximum atomic E-state index is 12.6. The molecule has 3 rings (SSSR count). The van der Waals surface area contributed by atoms with Crippen LogP contribution < -0.4 is 11.1 Å². The van der Waals surface area contributed by atoms with Crippen LogP contribution in [0.15, 0.2) is 24.3 Å². The minimum atomic E-state index is -0.273. The van der Waals surface area contributed by atoms with Crippen LogP contribution in [0.5, 0.6) is 0 Å². The number of anilines is 1. The number of nitrogen functional groups attached to an aromatic ring is 1. The molecule has 0 saturated heterocycles. The molecule has 1 atom stereocenters. The van der Waals surface area contributed by atoms with Crippen LogP contribution in [0, 0.1) is 5.92 Å². The van der Waals surface area contributed by atoms with Gasteiger partial charge in [0.1, 0.15) is 0 Å². The van der Waals surface area contributed by atoms with Gasteiger partial charge in [-0.25, -0.2) is 0 Å². The molecule has 0 radical (unpaired) electrons. The number of carbonyl (C=O) groups excluding carboxylic acids is 1. The Morgan fingerprint density at radius 2 is 2.00 bits per heavy atom. The third-order valence-electron chi connectivity index (χ3n) is 4.79. The first-order valence-corrected chi connectivity index (χ1v) is 7.81. The van der Waals surface area contributed by atoms with Crippen LogP contribution in [0.3, 0.4) is 0 Å². The molecule has 0 aromatic heterocycles. The Balaban J connectivity index is 1.67. The number of benzene rings is 1. The maximum Gasteiger partial charge on any atom is 0.230 e. The van der Waals surface area contributed by atoms with E-state index >= 15 is 0 Å². The molecule has 1 unspecified atom stereocenters. The molecule has 3 heteroatoms. The average molecular weight is 272 g/mol. The second kappa shape index (κ2) is 5.12. The molecule has 2 fully saturated rings. The van der Waals surface area contributed by atoms with Gasteiger partial charge in [0.05, 0.1) is 5.41 Å². The summed E-state index contributed by atoms with van der Waals surface area (Å²) in [5, 5.41) is 3.28. The molecule has 2 aliphatic carbocycles. The van der Waals surface area contributed by atoms with Gasteiger partial charge in [0.2, 0.25) is 5.91 Å². The van der Waals surface area contributed by atoms with E-state index in [1.807, 2.05) is 24.3 Å². The van der Waals surface area contributed by atoms with Gasteiger partial charge in [-0.1, -0.05) is 31.9 Å². The molecule has 3 N–H and O–H groups in total. The van der Waals surface area contributed by atoms with Crippen LogP contribution in [0.25, 0.3) is 0 Å². The van der Waals surface area contributed by atoms with Crippen molar-refractivity contribution in [3.05, 3.63) is 29.8 Å². The van der Waals surface area contributed by atoms with Gasteiger partial charge in [0.15, 0.2) is 0 Å². The summed E-state index contributed by atoms with van der Waals surface area (Å²) in [5.41, 5.74) is 7.33. The van der Waals surface area contributed by atoms with Crippen LogP contribution in [-0.4, -0.2) is 11.9 Å². The SMILES string of the molecule is CCC(CC1CC1)NC(=O)C1(c2ccc(N)cc2)CC1. The van der Waals surface area contributed by atoms with E-state index in [1.54, 1.807) is 0 Å². The minimum absolute atomic E-state index is 0.217. The number of carbonyl (C=O) groups is 1. The van der Waals surface area contributed by atoms with Gasteiger partial charge in [0, 0.05) is 11.7 Å². The summed E-state index contributed by atoms with van der Waals surface area (Å²) in [5.74, 6) is 1.07. The van der Waals surface area contributed by atoms with Crippen LogP contribution in [0.1, 0.15) is 51.0 Å². The number of nitrogens with two attached hydrogens (primary N) is 1. The Hall–Kier alpha value is -1.51. The van der Waals surface area contributed by atoms with E-state index < -0.39 is 0 Å². The van der Waals surface area contributed by atoms with Gasteiger partial charge < -0.3 is 11.1 Å². The van der Waals surface area contributed by atoms with Gasteiger partial charge in [-0.3, -0.25) is 4.79 Å². The monoisotopic (exact) mass is 272 g/mol. The molecular weight excluding hydrogens is 248 g/mol. The van der Waals surface area contributed by atoms with E-state index in [1.165, 1.54) is 12.8 Å². The largest absolute Gasteiger partial charge is 0.399 e. The number of nitrogens with one attached hydrogen (secondary N) is 1. The Kier molecular flexibility index (Phi) is 3.45. The van der Waals surface area contributed by atoms with Gasteiger partial charge >= 0.3 is 0 Å². The second-order valence-corrected chi connectivity index (χ2v) is 6.46. The lowest BCUT2D eigenvalue weighted by Gasteiger charge is -2.22. The van der Waals surface area contributed by atoms with E-state index in [0.29, 0.717) is 6.04 Å². The minimum Gasteiger partial charge on any atom is -0.399 e. The predicted octanol–water partition coefficient (Wildman–Crippen LogP) is 3.00. The summed E-state index contributed by atoms with van der Waals surface area (Å²) in [6, 6.07) is 8.14. The van der Waals surface area contributed by atoms with E-state index in [0.717, 1.165) is 42.9 Å². The van der Waals surface area contributed by atoms with Crippen LogP contribution in [-0.2, 0) is 10.2 Å². The lowest BCUT2D eigenvalue weighted by molar-refractivity contribution is -0.124. The van der Waals surface area contributed by atoms with E-state index in [-0.39, 0.29) is 11.3 Å². The molecule has 108 valence electrons. The molecular formula is C17H24N2O. The highest BCUT2D eigenvalue weighted by Crippen LogP contribution is 2.48. The van der Waals surface area contributed by atoms with Crippen molar-refractivity contribution in [2.45, 2.75) is 56.9 Å². The van der Waals surface area contributed by atoms with Crippen molar-refractivity contribution in [1.82, 2.24) is 5.32 Å². The fourth-order valence-corrected chi connectivity index (χ4v) is 2.98. The maximum absolute atomic E-state index is 12.6. The Morgan fingerprint density at radius 1 is 1.35 bits per heavy atom. The second-order valence-electron chi connectivity index (χ2n) is 6.46. The zero-order valence-electron chi connectivity index (χ0n) is 12.2. The predicted molar refractivity (Wildman–Crippen MR) is 81.3 cm³/mol. The van der Waals surface area contributed by atoms with E-state index in [9.17, 15) is 4.79 Å². The number of hydrogen-bond acceptors (Lipinski definition) is 2. The smallest absolute Gasteiger partial charge is 0.230 e. The molecule has 20 heavy (non-hydrogen) atoms. The van der Waals surface area contributed by atoms with Crippen molar-refractivity contribution < 1.29 is 4.79 Å². The van der Waals surface area contributed by atoms with Crippen molar-refractivity contribution >= 4 is 11.6 Å². The van der Waals surface area contributed by atoms with Crippen LogP contribution >= 0.6 is 0 Å². The van der Waals surface area contributed by atoms with E-state index in [4.69, 9.17) is 5.73 Å². The average Bonchev–Trinajstić information content (AvgIpc) is 3.33. The van der Waals surface area contributed by atoms with Gasteiger partial charge in [-0.05, 0) is 49.3 Å². The zero-order chi connectivity index (χ0) is 14.2. The Morgan fingerprint density at radius 3 is 2.50 bits per heavy atom. The fraction of sp³-hybridized carbons (Fsp3) is 0.588. The highest BCUT2D eigenvalue weighted by atomic mass is 16.2. The number of rotatable bonds is 6. The standard InChI is InChI=1S/C17H24N2O/c1-2-15(11-12-3-4-12)19-16(20)17(9-10-17)13-5-7-14(18)8-6-13/h5-8,12,15H,2-4,9-11,18H2,1H3,(H,19,20). The van der Waals surface area contributed by atoms with Crippen molar-refractivity contribution in [1.29, 1.82) is 0 Å². The fourth-order valence-electron chi connectivity index (χ4n) is 2.98. The lowest BCUT2D eigenvalue weighted by atomic mass is 9.94. The quantitative estimate of drug-likeness (QED) is 0.782. The summed E-state index contributed by atoms with van der Waals surface area (Å²) in [6.07, 6.45) is 6.79. The topological polar surface area (TPSA) is 55.1 Å². The van der Waals surface area contributed by atoms with Gasteiger partial charge in [-0.15, -0.1) is 0 Å². The Labute approximate surface area is 120 Å². The molecule has 3 nitrogen and oxygen atoms in total. The third-order valence-corrected chi connectivity index (χ3v) is 4.79. The summed E-state index contributed by atoms with van der Waals surface area (Å²) in [7, 11) is 0. The molecule has 1 aromatic carbocycles. The lowest BCUT2D eigenvalue weighted by Crippen LogP contribution is -2.41. The molecule has 0 heterocycles. The first-order valence-electron chi connectivity index (χ1n) is 7.81. The van der Waals surface area contributed by atoms with Gasteiger partial charge in [0.25, 0.3) is 0 Å². The molecule has 0 aliphatic heterocycles. The molecule has 2 saturated carbocycles. The van der Waals surface area contributed by atoms with Crippen molar-refractivity contribution in [2.24, 2.45) is 5.92 Å². The first kappa shape index (κ1) is 13.5. The first-order chi connectivity index (χ1) is 9.64. The summed E-state index contributed by atoms with van der Waals surface area (Å²) >= 11 is 0. The molecule has 2 aliphatic rings. The van der Waals surface area contributed by atoms with Crippen molar-refractivity contribution in [2.75, 3.05) is 5.73 Å². The number of hydrogen-bond donors (Lipinski definition) is 2. The van der Waals surface area contributed by atoms with Crippen LogP contribution in [0.4, 0.5) is 5.69 Å².